The lowest BCUT2D eigenvalue weighted by molar-refractivity contribution is 0.0684. The van der Waals surface area contributed by atoms with E-state index in [-0.39, 0.29) is 27.9 Å². The number of nitrogens with zero attached hydrogens (tertiary/aromatic N) is 6. The molecular weight excluding hydrogens is 662 g/mol. The molecule has 14 heteroatoms. The summed E-state index contributed by atoms with van der Waals surface area (Å²) in [4.78, 5) is 57.5. The normalized spacial score (nSPS) is 17.5. The van der Waals surface area contributed by atoms with Crippen LogP contribution in [0.3, 0.4) is 0 Å². The third kappa shape index (κ3) is 6.81. The molecule has 7 rings (SSSR count). The van der Waals surface area contributed by atoms with Gasteiger partial charge >= 0.3 is 11.9 Å². The third-order valence-corrected chi connectivity index (χ3v) is 10.6. The first-order valence-corrected chi connectivity index (χ1v) is 17.7. The zero-order valence-electron chi connectivity index (χ0n) is 28.6. The van der Waals surface area contributed by atoms with E-state index in [0.717, 1.165) is 65.0 Å². The topological polar surface area (TPSA) is 132 Å². The SMILES string of the molecule is CCn1cc(C(=O)O)c(=O)c2cc(F)c(N3CCN(CCCCN4CCN(c5cc6c(cc5F)c(=O)c(C(=O)O)cn6C5CC5)CC4)CC3)cc21. The van der Waals surface area contributed by atoms with Gasteiger partial charge in [0, 0.05) is 88.1 Å². The molecule has 2 aromatic carbocycles. The van der Waals surface area contributed by atoms with Gasteiger partial charge in [-0.1, -0.05) is 0 Å². The van der Waals surface area contributed by atoms with Gasteiger partial charge < -0.3 is 29.1 Å². The number of fused-ring (bicyclic) bond motifs is 2. The van der Waals surface area contributed by atoms with Crippen molar-refractivity contribution in [3.8, 4) is 0 Å². The molecule has 270 valence electrons. The molecule has 1 aliphatic carbocycles. The Balaban J connectivity index is 0.900. The van der Waals surface area contributed by atoms with Gasteiger partial charge in [-0.3, -0.25) is 19.4 Å². The smallest absolute Gasteiger partial charge is 0.341 e. The van der Waals surface area contributed by atoms with Crippen LogP contribution < -0.4 is 20.7 Å². The van der Waals surface area contributed by atoms with Crippen molar-refractivity contribution < 1.29 is 28.6 Å². The van der Waals surface area contributed by atoms with Crippen LogP contribution in [0.15, 0.2) is 46.2 Å². The third-order valence-electron chi connectivity index (χ3n) is 10.6. The molecule has 12 nitrogen and oxygen atoms in total. The molecule has 3 aliphatic rings. The van der Waals surface area contributed by atoms with Crippen molar-refractivity contribution in [2.45, 2.75) is 45.2 Å². The van der Waals surface area contributed by atoms with Crippen molar-refractivity contribution >= 4 is 45.1 Å². The summed E-state index contributed by atoms with van der Waals surface area (Å²) in [6.07, 6.45) is 6.54. The Morgan fingerprint density at radius 2 is 1.14 bits per heavy atom. The maximum atomic E-state index is 15.4. The molecule has 2 N–H and O–H groups in total. The van der Waals surface area contributed by atoms with Gasteiger partial charge in [-0.15, -0.1) is 0 Å². The van der Waals surface area contributed by atoms with Gasteiger partial charge in [0.15, 0.2) is 0 Å². The predicted molar refractivity (Wildman–Crippen MR) is 191 cm³/mol. The molecule has 2 aliphatic heterocycles. The second kappa shape index (κ2) is 14.1. The second-order valence-corrected chi connectivity index (χ2v) is 13.8. The lowest BCUT2D eigenvalue weighted by Gasteiger charge is -2.37. The predicted octanol–water partition coefficient (Wildman–Crippen LogP) is 4.07. The number of hydrogen-bond acceptors (Lipinski definition) is 8. The second-order valence-electron chi connectivity index (χ2n) is 13.8. The van der Waals surface area contributed by atoms with Crippen molar-refractivity contribution in [2.24, 2.45) is 0 Å². The van der Waals surface area contributed by atoms with Crippen molar-refractivity contribution in [3.63, 3.8) is 0 Å². The Morgan fingerprint density at radius 3 is 1.59 bits per heavy atom. The van der Waals surface area contributed by atoms with E-state index in [1.165, 1.54) is 24.5 Å². The highest BCUT2D eigenvalue weighted by Gasteiger charge is 2.29. The summed E-state index contributed by atoms with van der Waals surface area (Å²) in [6, 6.07) is 5.86. The van der Waals surface area contributed by atoms with Crippen LogP contribution in [0.25, 0.3) is 21.8 Å². The number of pyridine rings is 2. The number of carboxylic acid groups (broad SMARTS) is 2. The minimum absolute atomic E-state index is 0.0667. The molecule has 0 amide bonds. The van der Waals surface area contributed by atoms with Crippen molar-refractivity contribution in [1.82, 2.24) is 18.9 Å². The number of benzene rings is 2. The first-order valence-electron chi connectivity index (χ1n) is 17.7. The standard InChI is InChI=1S/C37H42F2N6O6/c1-2-42-21-26(36(48)49)34(46)24-17-28(38)32(19-30(24)42)43-13-9-40(10-14-43)7-3-4-8-41-11-15-44(16-12-41)33-20-31-25(18-29(33)39)35(47)27(37(50)51)22-45(31)23-5-6-23/h17-23H,2-16H2,1H3,(H,48,49)(H,50,51). The summed E-state index contributed by atoms with van der Waals surface area (Å²) in [7, 11) is 0. The van der Waals surface area contributed by atoms with E-state index in [2.05, 4.69) is 9.80 Å². The summed E-state index contributed by atoms with van der Waals surface area (Å²) < 4.78 is 34.1. The fourth-order valence-electron chi connectivity index (χ4n) is 7.56. The molecule has 0 atom stereocenters. The van der Waals surface area contributed by atoms with E-state index in [1.54, 1.807) is 16.7 Å². The van der Waals surface area contributed by atoms with Crippen LogP contribution in [0.4, 0.5) is 20.2 Å². The van der Waals surface area contributed by atoms with Crippen LogP contribution in [0.2, 0.25) is 0 Å². The molecule has 0 bridgehead atoms. The van der Waals surface area contributed by atoms with Gasteiger partial charge in [0.1, 0.15) is 22.8 Å². The van der Waals surface area contributed by atoms with E-state index in [0.29, 0.717) is 55.1 Å². The number of carbonyl (C=O) groups is 2. The average Bonchev–Trinajstić information content (AvgIpc) is 3.97. The first kappa shape index (κ1) is 34.6. The number of anilines is 2. The Hall–Kier alpha value is -4.82. The number of halogens is 2. The minimum atomic E-state index is -1.33. The molecule has 4 heterocycles. The van der Waals surface area contributed by atoms with E-state index >= 15 is 8.78 Å². The first-order chi connectivity index (χ1) is 24.5. The summed E-state index contributed by atoms with van der Waals surface area (Å²) in [5.74, 6) is -3.68. The molecule has 2 aromatic heterocycles. The zero-order chi connectivity index (χ0) is 36.0. The fraction of sp³-hybridized carbons (Fsp3) is 0.459. The van der Waals surface area contributed by atoms with Crippen molar-refractivity contribution in [3.05, 3.63) is 79.9 Å². The van der Waals surface area contributed by atoms with Crippen LogP contribution in [0, 0.1) is 11.6 Å². The molecule has 3 fully saturated rings. The van der Waals surface area contributed by atoms with Crippen LogP contribution in [0.1, 0.15) is 59.4 Å². The van der Waals surface area contributed by atoms with E-state index in [4.69, 9.17) is 0 Å². The molecule has 0 unspecified atom stereocenters. The quantitative estimate of drug-likeness (QED) is 0.221. The fourth-order valence-corrected chi connectivity index (χ4v) is 7.56. The zero-order valence-corrected chi connectivity index (χ0v) is 28.6. The molecule has 0 spiro atoms. The van der Waals surface area contributed by atoms with Gasteiger partial charge in [0.05, 0.1) is 22.4 Å². The Bertz CT molecular complexity index is 2130. The van der Waals surface area contributed by atoms with E-state index in [1.807, 2.05) is 21.3 Å². The van der Waals surface area contributed by atoms with Crippen LogP contribution >= 0.6 is 0 Å². The number of hydrogen-bond donors (Lipinski definition) is 2. The molecule has 2 saturated heterocycles. The Morgan fingerprint density at radius 1 is 0.686 bits per heavy atom. The number of piperazine rings is 2. The summed E-state index contributed by atoms with van der Waals surface area (Å²) in [6.45, 7) is 9.82. The minimum Gasteiger partial charge on any atom is -0.477 e. The maximum absolute atomic E-state index is 15.4. The highest BCUT2D eigenvalue weighted by Crippen LogP contribution is 2.38. The number of carboxylic acids is 2. The molecule has 1 saturated carbocycles. The van der Waals surface area contributed by atoms with E-state index in [9.17, 15) is 29.4 Å². The molecular formula is C37H42F2N6O6. The largest absolute Gasteiger partial charge is 0.477 e. The van der Waals surface area contributed by atoms with Crippen LogP contribution in [0.5, 0.6) is 0 Å². The van der Waals surface area contributed by atoms with Crippen molar-refractivity contribution in [1.29, 1.82) is 0 Å². The lowest BCUT2D eigenvalue weighted by Crippen LogP contribution is -2.48. The van der Waals surface area contributed by atoms with Crippen LogP contribution in [-0.4, -0.2) is 107 Å². The van der Waals surface area contributed by atoms with E-state index < -0.39 is 34.4 Å². The molecule has 51 heavy (non-hydrogen) atoms. The number of aromatic nitrogens is 2. The number of unbranched alkanes of at least 4 members (excludes halogenated alkanes) is 1. The number of aromatic carboxylic acids is 2. The Labute approximate surface area is 292 Å². The van der Waals surface area contributed by atoms with Gasteiger partial charge in [-0.2, -0.15) is 0 Å². The molecule has 4 aromatic rings. The highest BCUT2D eigenvalue weighted by molar-refractivity contribution is 5.94. The summed E-state index contributed by atoms with van der Waals surface area (Å²) in [5.41, 5.74) is -0.0936. The van der Waals surface area contributed by atoms with Gasteiger partial charge in [0.2, 0.25) is 10.9 Å². The summed E-state index contributed by atoms with van der Waals surface area (Å²) in [5, 5.41) is 19.1. The van der Waals surface area contributed by atoms with Gasteiger partial charge in [-0.25, -0.2) is 18.4 Å². The number of aryl methyl sites for hydroxylation is 1. The van der Waals surface area contributed by atoms with Crippen LogP contribution in [-0.2, 0) is 6.54 Å². The highest BCUT2D eigenvalue weighted by atomic mass is 19.1. The lowest BCUT2D eigenvalue weighted by atomic mass is 10.1. The van der Waals surface area contributed by atoms with Gasteiger partial charge in [0.25, 0.3) is 0 Å². The maximum Gasteiger partial charge on any atom is 0.341 e. The average molecular weight is 705 g/mol. The molecule has 0 radical (unpaired) electrons. The van der Waals surface area contributed by atoms with Gasteiger partial charge in [-0.05, 0) is 70.0 Å². The monoisotopic (exact) mass is 704 g/mol. The summed E-state index contributed by atoms with van der Waals surface area (Å²) >= 11 is 0. The van der Waals surface area contributed by atoms with Crippen molar-refractivity contribution in [2.75, 3.05) is 75.2 Å². The Kier molecular flexibility index (Phi) is 9.55. The number of rotatable bonds is 11.